The summed E-state index contributed by atoms with van der Waals surface area (Å²) < 4.78 is 8.84. The van der Waals surface area contributed by atoms with Crippen LogP contribution in [0.4, 0.5) is 0 Å². The van der Waals surface area contributed by atoms with Gasteiger partial charge in [-0.05, 0) is 72.8 Å². The fraction of sp³-hybridized carbons (Fsp3) is 0.379. The Kier molecular flexibility index (Phi) is 3.55. The van der Waals surface area contributed by atoms with Gasteiger partial charge in [-0.3, -0.25) is 0 Å². The normalized spacial score (nSPS) is 26.0. The lowest BCUT2D eigenvalue weighted by atomic mass is 9.63. The third-order valence-corrected chi connectivity index (χ3v) is 8.79. The molecule has 0 N–H and O–H groups in total. The van der Waals surface area contributed by atoms with Crippen molar-refractivity contribution < 1.29 is 4.42 Å². The topological polar surface area (TPSA) is 18.1 Å². The largest absolute Gasteiger partial charge is 0.456 e. The Labute approximate surface area is 182 Å². The van der Waals surface area contributed by atoms with E-state index < -0.39 is 0 Å². The fourth-order valence-corrected chi connectivity index (χ4v) is 7.36. The van der Waals surface area contributed by atoms with Crippen LogP contribution < -0.4 is 0 Å². The van der Waals surface area contributed by atoms with Crippen molar-refractivity contribution in [3.8, 4) is 0 Å². The van der Waals surface area contributed by atoms with Gasteiger partial charge in [0.15, 0.2) is 0 Å². The Morgan fingerprint density at radius 3 is 2.48 bits per heavy atom. The quantitative estimate of drug-likeness (QED) is 0.289. The van der Waals surface area contributed by atoms with E-state index in [2.05, 4.69) is 73.1 Å². The van der Waals surface area contributed by atoms with E-state index in [-0.39, 0.29) is 0 Å². The second-order valence-corrected chi connectivity index (χ2v) is 10.3. The Morgan fingerprint density at radius 1 is 0.871 bits per heavy atom. The third-order valence-electron chi connectivity index (χ3n) is 8.79. The summed E-state index contributed by atoms with van der Waals surface area (Å²) in [7, 11) is 2.19. The number of aryl methyl sites for hydroxylation is 1. The van der Waals surface area contributed by atoms with Crippen molar-refractivity contribution in [3.63, 3.8) is 0 Å². The second-order valence-electron chi connectivity index (χ2n) is 10.3. The van der Waals surface area contributed by atoms with Gasteiger partial charge in [-0.1, -0.05) is 50.1 Å². The van der Waals surface area contributed by atoms with Crippen LogP contribution in [0, 0.1) is 11.8 Å². The van der Waals surface area contributed by atoms with Gasteiger partial charge in [0.2, 0.25) is 0 Å². The number of benzene rings is 3. The third kappa shape index (κ3) is 2.34. The molecule has 31 heavy (non-hydrogen) atoms. The van der Waals surface area contributed by atoms with Crippen LogP contribution in [0.15, 0.2) is 59.0 Å². The van der Waals surface area contributed by atoms with E-state index in [4.69, 9.17) is 4.42 Å². The van der Waals surface area contributed by atoms with Crippen LogP contribution >= 0.6 is 0 Å². The van der Waals surface area contributed by atoms with Crippen molar-refractivity contribution >= 4 is 43.7 Å². The standard InChI is InChI=1S/C29H29NO/c1-3-29(16-18-11-12-19(13-18)17-29)23-8-6-10-26-28(23)22-14-25-21(15-27(22)31-26)20-7-4-5-9-24(20)30(25)2/h4-10,14-15,18-19H,3,11-13,16-17H2,1-2H3. The zero-order valence-electron chi connectivity index (χ0n) is 18.4. The summed E-state index contributed by atoms with van der Waals surface area (Å²) in [6.07, 6.45) is 8.25. The number of para-hydroxylation sites is 1. The van der Waals surface area contributed by atoms with Crippen LogP contribution in [0.25, 0.3) is 43.7 Å². The highest BCUT2D eigenvalue weighted by molar-refractivity contribution is 6.17. The number of nitrogens with zero attached hydrogens (tertiary/aromatic N) is 1. The molecule has 2 nitrogen and oxygen atoms in total. The first-order valence-electron chi connectivity index (χ1n) is 12.0. The average molecular weight is 408 g/mol. The molecule has 2 unspecified atom stereocenters. The highest BCUT2D eigenvalue weighted by Gasteiger charge is 2.44. The first-order valence-corrected chi connectivity index (χ1v) is 12.0. The van der Waals surface area contributed by atoms with Crippen molar-refractivity contribution in [2.24, 2.45) is 18.9 Å². The fourth-order valence-electron chi connectivity index (χ4n) is 7.36. The molecular weight excluding hydrogens is 378 g/mol. The first-order chi connectivity index (χ1) is 15.2. The molecule has 5 aromatic rings. The van der Waals surface area contributed by atoms with E-state index in [1.807, 2.05) is 0 Å². The molecule has 2 aliphatic rings. The van der Waals surface area contributed by atoms with Gasteiger partial charge in [-0.25, -0.2) is 0 Å². The predicted molar refractivity (Wildman–Crippen MR) is 130 cm³/mol. The predicted octanol–water partition coefficient (Wildman–Crippen LogP) is 8.09. The number of aromatic nitrogens is 1. The lowest BCUT2D eigenvalue weighted by Crippen LogP contribution is -2.33. The number of hydrogen-bond acceptors (Lipinski definition) is 1. The molecular formula is C29H29NO. The molecule has 2 heteroatoms. The SMILES string of the molecule is CCC1(c2cccc3oc4cc5c6ccccc6n(C)c5cc4c23)CC2CCC(C2)C1. The molecule has 7 rings (SSSR count). The van der Waals surface area contributed by atoms with Crippen LogP contribution in [-0.2, 0) is 12.5 Å². The maximum Gasteiger partial charge on any atom is 0.136 e. The molecule has 0 saturated heterocycles. The summed E-state index contributed by atoms with van der Waals surface area (Å²) in [6.45, 7) is 2.41. The summed E-state index contributed by atoms with van der Waals surface area (Å²) in [6, 6.07) is 20.2. The maximum atomic E-state index is 6.50. The van der Waals surface area contributed by atoms with Gasteiger partial charge in [-0.15, -0.1) is 0 Å². The van der Waals surface area contributed by atoms with Crippen molar-refractivity contribution in [2.75, 3.05) is 0 Å². The molecule has 2 atom stereocenters. The van der Waals surface area contributed by atoms with Crippen molar-refractivity contribution in [3.05, 3.63) is 60.2 Å². The van der Waals surface area contributed by atoms with Crippen molar-refractivity contribution in [2.45, 2.75) is 50.9 Å². The molecule has 2 aromatic heterocycles. The van der Waals surface area contributed by atoms with Crippen LogP contribution in [0.1, 0.15) is 51.0 Å². The van der Waals surface area contributed by atoms with E-state index in [1.54, 1.807) is 5.56 Å². The van der Waals surface area contributed by atoms with Gasteiger partial charge in [0.05, 0.1) is 0 Å². The molecule has 3 aromatic carbocycles. The molecule has 0 spiro atoms. The highest BCUT2D eigenvalue weighted by atomic mass is 16.3. The average Bonchev–Trinajstić information content (AvgIpc) is 3.44. The zero-order chi connectivity index (χ0) is 20.7. The second kappa shape index (κ2) is 6.16. The van der Waals surface area contributed by atoms with Gasteiger partial charge < -0.3 is 8.98 Å². The molecule has 156 valence electrons. The van der Waals surface area contributed by atoms with E-state index in [0.717, 1.165) is 23.0 Å². The van der Waals surface area contributed by atoms with E-state index in [0.29, 0.717) is 5.41 Å². The monoisotopic (exact) mass is 407 g/mol. The minimum Gasteiger partial charge on any atom is -0.456 e. The summed E-state index contributed by atoms with van der Waals surface area (Å²) in [5.41, 5.74) is 6.49. The number of rotatable bonds is 2. The van der Waals surface area contributed by atoms with E-state index in [9.17, 15) is 0 Å². The Hall–Kier alpha value is -2.74. The lowest BCUT2D eigenvalue weighted by molar-refractivity contribution is 0.208. The van der Waals surface area contributed by atoms with Crippen LogP contribution in [-0.4, -0.2) is 4.57 Å². The van der Waals surface area contributed by atoms with Crippen LogP contribution in [0.2, 0.25) is 0 Å². The minimum atomic E-state index is 0.300. The molecule has 2 aliphatic carbocycles. The van der Waals surface area contributed by atoms with Crippen molar-refractivity contribution in [1.82, 2.24) is 4.57 Å². The number of fused-ring (bicyclic) bond motifs is 8. The minimum absolute atomic E-state index is 0.300. The van der Waals surface area contributed by atoms with E-state index >= 15 is 0 Å². The van der Waals surface area contributed by atoms with Crippen LogP contribution in [0.3, 0.4) is 0 Å². The lowest BCUT2D eigenvalue weighted by Gasteiger charge is -2.41. The smallest absolute Gasteiger partial charge is 0.136 e. The summed E-state index contributed by atoms with van der Waals surface area (Å²) in [5.74, 6) is 1.83. The molecule has 0 amide bonds. The maximum absolute atomic E-state index is 6.50. The van der Waals surface area contributed by atoms with E-state index in [1.165, 1.54) is 71.1 Å². The zero-order valence-corrected chi connectivity index (χ0v) is 18.4. The molecule has 2 saturated carbocycles. The van der Waals surface area contributed by atoms with Gasteiger partial charge in [0.1, 0.15) is 11.2 Å². The molecule has 0 aliphatic heterocycles. The number of furan rings is 1. The Bertz CT molecular complexity index is 1470. The summed E-state index contributed by atoms with van der Waals surface area (Å²) in [4.78, 5) is 0. The highest BCUT2D eigenvalue weighted by Crippen LogP contribution is 2.55. The van der Waals surface area contributed by atoms with Gasteiger partial charge in [-0.2, -0.15) is 0 Å². The van der Waals surface area contributed by atoms with Crippen LogP contribution in [0.5, 0.6) is 0 Å². The summed E-state index contributed by atoms with van der Waals surface area (Å²) >= 11 is 0. The number of hydrogen-bond donors (Lipinski definition) is 0. The molecule has 2 bridgehead atoms. The Balaban J connectivity index is 1.55. The molecule has 2 heterocycles. The first kappa shape index (κ1) is 17.9. The van der Waals surface area contributed by atoms with Gasteiger partial charge in [0.25, 0.3) is 0 Å². The summed E-state index contributed by atoms with van der Waals surface area (Å²) in [5, 5.41) is 5.24. The molecule has 0 radical (unpaired) electrons. The molecule has 2 fully saturated rings. The Morgan fingerprint density at radius 2 is 1.68 bits per heavy atom. The van der Waals surface area contributed by atoms with Gasteiger partial charge >= 0.3 is 0 Å². The van der Waals surface area contributed by atoms with Gasteiger partial charge in [0, 0.05) is 39.6 Å². The van der Waals surface area contributed by atoms with Crippen molar-refractivity contribution in [1.29, 1.82) is 0 Å².